The standard InChI is InChI=1S/C20H18ClN3O3/c1-26-18-8-7-14(10-16(18)21)24-20(25)13-9-15(12-22-11-13)23-17-5-3-4-6-19(17)27-2/h3-12,23H,1-2H3,(H,24,25). The van der Waals surface area contributed by atoms with Crippen molar-refractivity contribution in [2.75, 3.05) is 24.9 Å². The molecule has 0 aliphatic rings. The van der Waals surface area contributed by atoms with Crippen LogP contribution in [0.1, 0.15) is 10.4 Å². The second-order valence-corrected chi connectivity index (χ2v) is 6.00. The highest BCUT2D eigenvalue weighted by molar-refractivity contribution is 6.32. The van der Waals surface area contributed by atoms with Gasteiger partial charge in [0.1, 0.15) is 11.5 Å². The molecule has 0 aliphatic carbocycles. The number of ether oxygens (including phenoxy) is 2. The van der Waals surface area contributed by atoms with Crippen LogP contribution in [0.15, 0.2) is 60.9 Å². The molecule has 3 aromatic rings. The zero-order chi connectivity index (χ0) is 19.2. The zero-order valence-corrected chi connectivity index (χ0v) is 15.6. The summed E-state index contributed by atoms with van der Waals surface area (Å²) in [5.41, 5.74) is 2.41. The third kappa shape index (κ3) is 4.48. The Hall–Kier alpha value is -3.25. The van der Waals surface area contributed by atoms with Gasteiger partial charge in [-0.05, 0) is 36.4 Å². The first kappa shape index (κ1) is 18.5. The highest BCUT2D eigenvalue weighted by Gasteiger charge is 2.10. The number of halogens is 1. The van der Waals surface area contributed by atoms with Crippen molar-refractivity contribution < 1.29 is 14.3 Å². The number of nitrogens with zero attached hydrogens (tertiary/aromatic N) is 1. The molecule has 0 unspecified atom stereocenters. The van der Waals surface area contributed by atoms with E-state index in [1.807, 2.05) is 24.3 Å². The van der Waals surface area contributed by atoms with Crippen LogP contribution in [0, 0.1) is 0 Å². The van der Waals surface area contributed by atoms with E-state index in [9.17, 15) is 4.79 Å². The molecule has 0 saturated carbocycles. The Morgan fingerprint density at radius 3 is 2.48 bits per heavy atom. The molecule has 0 bridgehead atoms. The topological polar surface area (TPSA) is 72.5 Å². The minimum absolute atomic E-state index is 0.299. The molecule has 3 rings (SSSR count). The van der Waals surface area contributed by atoms with E-state index >= 15 is 0 Å². The highest BCUT2D eigenvalue weighted by Crippen LogP contribution is 2.28. The summed E-state index contributed by atoms with van der Waals surface area (Å²) in [4.78, 5) is 16.7. The molecule has 6 nitrogen and oxygen atoms in total. The number of amides is 1. The molecule has 138 valence electrons. The lowest BCUT2D eigenvalue weighted by Gasteiger charge is -2.12. The van der Waals surface area contributed by atoms with Gasteiger partial charge in [-0.15, -0.1) is 0 Å². The first-order valence-electron chi connectivity index (χ1n) is 8.10. The van der Waals surface area contributed by atoms with E-state index < -0.39 is 0 Å². The molecule has 0 atom stereocenters. The third-order valence-corrected chi connectivity index (χ3v) is 4.09. The molecule has 0 radical (unpaired) electrons. The molecular formula is C20H18ClN3O3. The second-order valence-electron chi connectivity index (χ2n) is 5.59. The molecular weight excluding hydrogens is 366 g/mol. The fourth-order valence-corrected chi connectivity index (χ4v) is 2.74. The number of pyridine rings is 1. The van der Waals surface area contributed by atoms with Gasteiger partial charge in [-0.1, -0.05) is 23.7 Å². The molecule has 1 aromatic heterocycles. The first-order valence-corrected chi connectivity index (χ1v) is 8.48. The van der Waals surface area contributed by atoms with Crippen molar-refractivity contribution in [3.63, 3.8) is 0 Å². The van der Waals surface area contributed by atoms with Crippen LogP contribution in [0.25, 0.3) is 0 Å². The van der Waals surface area contributed by atoms with Crippen molar-refractivity contribution >= 4 is 34.6 Å². The van der Waals surface area contributed by atoms with E-state index in [2.05, 4.69) is 15.6 Å². The summed E-state index contributed by atoms with van der Waals surface area (Å²) in [6.07, 6.45) is 3.13. The third-order valence-electron chi connectivity index (χ3n) is 3.80. The number of hydrogen-bond donors (Lipinski definition) is 2. The van der Waals surface area contributed by atoms with Crippen molar-refractivity contribution in [1.82, 2.24) is 4.98 Å². The SMILES string of the molecule is COc1ccc(NC(=O)c2cncc(Nc3ccccc3OC)c2)cc1Cl. The second kappa shape index (κ2) is 8.42. The van der Waals surface area contributed by atoms with Gasteiger partial charge in [0, 0.05) is 11.9 Å². The summed E-state index contributed by atoms with van der Waals surface area (Å²) in [6.45, 7) is 0. The predicted molar refractivity (Wildman–Crippen MR) is 106 cm³/mol. The number of benzene rings is 2. The average Bonchev–Trinajstić information content (AvgIpc) is 2.69. The van der Waals surface area contributed by atoms with Crippen molar-refractivity contribution in [2.24, 2.45) is 0 Å². The van der Waals surface area contributed by atoms with Gasteiger partial charge in [0.15, 0.2) is 0 Å². The number of carbonyl (C=O) groups is 1. The number of aromatic nitrogens is 1. The Labute approximate surface area is 162 Å². The maximum Gasteiger partial charge on any atom is 0.257 e. The molecule has 27 heavy (non-hydrogen) atoms. The minimum Gasteiger partial charge on any atom is -0.495 e. The van der Waals surface area contributed by atoms with Crippen LogP contribution in [0.3, 0.4) is 0 Å². The van der Waals surface area contributed by atoms with Crippen LogP contribution >= 0.6 is 11.6 Å². The normalized spacial score (nSPS) is 10.2. The van der Waals surface area contributed by atoms with Gasteiger partial charge in [-0.3, -0.25) is 9.78 Å². The molecule has 1 heterocycles. The Balaban J connectivity index is 1.76. The van der Waals surface area contributed by atoms with Gasteiger partial charge in [0.25, 0.3) is 5.91 Å². The lowest BCUT2D eigenvalue weighted by Crippen LogP contribution is -2.12. The van der Waals surface area contributed by atoms with Crippen molar-refractivity contribution in [3.8, 4) is 11.5 Å². The van der Waals surface area contributed by atoms with E-state index in [4.69, 9.17) is 21.1 Å². The van der Waals surface area contributed by atoms with Gasteiger partial charge in [0.2, 0.25) is 0 Å². The van der Waals surface area contributed by atoms with Gasteiger partial charge in [0.05, 0.1) is 42.4 Å². The fraction of sp³-hybridized carbons (Fsp3) is 0.100. The smallest absolute Gasteiger partial charge is 0.257 e. The van der Waals surface area contributed by atoms with Crippen molar-refractivity contribution in [3.05, 3.63) is 71.5 Å². The van der Waals surface area contributed by atoms with Crippen LogP contribution in [0.4, 0.5) is 17.1 Å². The monoisotopic (exact) mass is 383 g/mol. The van der Waals surface area contributed by atoms with Crippen LogP contribution in [-0.4, -0.2) is 25.1 Å². The lowest BCUT2D eigenvalue weighted by atomic mass is 10.2. The van der Waals surface area contributed by atoms with Crippen LogP contribution in [0.5, 0.6) is 11.5 Å². The van der Waals surface area contributed by atoms with Crippen molar-refractivity contribution in [2.45, 2.75) is 0 Å². The van der Waals surface area contributed by atoms with E-state index in [1.165, 1.54) is 13.3 Å². The Morgan fingerprint density at radius 2 is 1.74 bits per heavy atom. The van der Waals surface area contributed by atoms with Gasteiger partial charge in [-0.25, -0.2) is 0 Å². The zero-order valence-electron chi connectivity index (χ0n) is 14.8. The molecule has 0 spiro atoms. The van der Waals surface area contributed by atoms with Gasteiger partial charge >= 0.3 is 0 Å². The minimum atomic E-state index is -0.299. The average molecular weight is 384 g/mol. The molecule has 1 amide bonds. The number of carbonyl (C=O) groups excluding carboxylic acids is 1. The van der Waals surface area contributed by atoms with Gasteiger partial charge in [-0.2, -0.15) is 0 Å². The first-order chi connectivity index (χ1) is 13.1. The quantitative estimate of drug-likeness (QED) is 0.642. The van der Waals surface area contributed by atoms with Crippen LogP contribution < -0.4 is 20.1 Å². The molecule has 0 saturated heterocycles. The summed E-state index contributed by atoms with van der Waals surface area (Å²) in [6, 6.07) is 14.2. The largest absolute Gasteiger partial charge is 0.495 e. The van der Waals surface area contributed by atoms with E-state index in [0.29, 0.717) is 33.5 Å². The molecule has 0 aliphatic heterocycles. The maximum absolute atomic E-state index is 12.5. The number of hydrogen-bond acceptors (Lipinski definition) is 5. The fourth-order valence-electron chi connectivity index (χ4n) is 2.48. The van der Waals surface area contributed by atoms with Gasteiger partial charge < -0.3 is 20.1 Å². The summed E-state index contributed by atoms with van der Waals surface area (Å²) in [7, 11) is 3.13. The van der Waals surface area contributed by atoms with Crippen LogP contribution in [0.2, 0.25) is 5.02 Å². The molecule has 0 fully saturated rings. The Bertz CT molecular complexity index is 963. The van der Waals surface area contributed by atoms with E-state index in [0.717, 1.165) is 5.69 Å². The number of nitrogens with one attached hydrogen (secondary N) is 2. The maximum atomic E-state index is 12.5. The summed E-state index contributed by atoms with van der Waals surface area (Å²) >= 11 is 6.09. The predicted octanol–water partition coefficient (Wildman–Crippen LogP) is 4.75. The summed E-state index contributed by atoms with van der Waals surface area (Å²) < 4.78 is 10.4. The summed E-state index contributed by atoms with van der Waals surface area (Å²) in [5, 5.41) is 6.41. The molecule has 7 heteroatoms. The molecule has 2 N–H and O–H groups in total. The number of methoxy groups -OCH3 is 2. The lowest BCUT2D eigenvalue weighted by molar-refractivity contribution is 0.102. The Morgan fingerprint density at radius 1 is 0.963 bits per heavy atom. The number of anilines is 3. The van der Waals surface area contributed by atoms with Crippen LogP contribution in [-0.2, 0) is 0 Å². The Kier molecular flexibility index (Phi) is 5.78. The highest BCUT2D eigenvalue weighted by atomic mass is 35.5. The number of rotatable bonds is 6. The summed E-state index contributed by atoms with van der Waals surface area (Å²) in [5.74, 6) is 0.937. The molecule has 2 aromatic carbocycles. The van der Waals surface area contributed by atoms with Crippen molar-refractivity contribution in [1.29, 1.82) is 0 Å². The van der Waals surface area contributed by atoms with E-state index in [-0.39, 0.29) is 5.91 Å². The van der Waals surface area contributed by atoms with E-state index in [1.54, 1.807) is 37.6 Å². The number of para-hydroxylation sites is 2.